The number of benzene rings is 1. The van der Waals surface area contributed by atoms with Crippen molar-refractivity contribution in [3.63, 3.8) is 0 Å². The van der Waals surface area contributed by atoms with E-state index in [4.69, 9.17) is 4.55 Å². The van der Waals surface area contributed by atoms with Gasteiger partial charge < -0.3 is 5.98 Å². The predicted molar refractivity (Wildman–Crippen MR) is 43.2 cm³/mol. The van der Waals surface area contributed by atoms with Gasteiger partial charge in [-0.15, -0.1) is 0 Å². The molecule has 1 aromatic carbocycles. The number of non-ortho nitro benzene ring substituents is 1. The average molecular weight is 227 g/mol. The molecular weight excluding hydrogens is 221 g/mol. The molecule has 1 atom stereocenters. The van der Waals surface area contributed by atoms with Gasteiger partial charge in [-0.3, -0.25) is 10.1 Å². The van der Waals surface area contributed by atoms with Crippen LogP contribution in [-0.4, -0.2) is 13.7 Å². The second-order valence-electron chi connectivity index (χ2n) is 2.00. The van der Waals surface area contributed by atoms with Crippen molar-refractivity contribution in [2.75, 3.05) is 0 Å². The van der Waals surface area contributed by atoms with Gasteiger partial charge in [-0.05, 0) is 12.1 Å². The number of nitro groups is 1. The molecule has 7 heteroatoms. The topological polar surface area (TPSA) is 80.4 Å². The molecule has 0 saturated carbocycles. The first-order valence-electron chi connectivity index (χ1n) is 2.96. The standard InChI is InChI=1S/C6H5NO4S.K.H/c8-7(9)5-1-3-6(4-2-5)12(10)11;;/h1-4H,(H,10,11);;/q;+1;-1. The van der Waals surface area contributed by atoms with Crippen LogP contribution in [0, 0.1) is 10.1 Å². The van der Waals surface area contributed by atoms with E-state index in [-0.39, 0.29) is 63.4 Å². The molecule has 0 aliphatic carbocycles. The van der Waals surface area contributed by atoms with Gasteiger partial charge in [0.15, 0.2) is 11.1 Å². The summed E-state index contributed by atoms with van der Waals surface area (Å²) in [5, 5.41) is 10.1. The second-order valence-corrected chi connectivity index (χ2v) is 2.97. The summed E-state index contributed by atoms with van der Waals surface area (Å²) in [5.74, 6) is 0. The van der Waals surface area contributed by atoms with Crippen LogP contribution in [0.4, 0.5) is 5.69 Å². The molecule has 0 amide bonds. The first-order valence-corrected chi connectivity index (χ1v) is 4.07. The maximum atomic E-state index is 10.4. The summed E-state index contributed by atoms with van der Waals surface area (Å²) in [5.41, 5.74) is -0.0933. The van der Waals surface area contributed by atoms with E-state index in [1.807, 2.05) is 0 Å². The van der Waals surface area contributed by atoms with Gasteiger partial charge in [0.05, 0.1) is 9.82 Å². The summed E-state index contributed by atoms with van der Waals surface area (Å²) in [4.78, 5) is 9.74. The van der Waals surface area contributed by atoms with E-state index in [2.05, 4.69) is 0 Å². The monoisotopic (exact) mass is 227 g/mol. The van der Waals surface area contributed by atoms with Crippen LogP contribution >= 0.6 is 0 Å². The molecule has 0 spiro atoms. The number of rotatable bonds is 2. The van der Waals surface area contributed by atoms with Crippen LogP contribution in [-0.2, 0) is 11.1 Å². The molecule has 0 fully saturated rings. The van der Waals surface area contributed by atoms with Crippen LogP contribution in [0.5, 0.6) is 0 Å². The average Bonchev–Trinajstić information content (AvgIpc) is 2.04. The fourth-order valence-electron chi connectivity index (χ4n) is 0.684. The molecule has 66 valence electrons. The van der Waals surface area contributed by atoms with Crippen molar-refractivity contribution in [2.45, 2.75) is 4.90 Å². The molecule has 0 aromatic heterocycles. The Bertz CT molecular complexity index is 298. The minimum absolute atomic E-state index is 0. The summed E-state index contributed by atoms with van der Waals surface area (Å²) in [6.45, 7) is 0. The quantitative estimate of drug-likeness (QED) is 0.282. The molecule has 1 N–H and O–H groups in total. The third kappa shape index (κ3) is 3.94. The molecule has 1 aromatic rings. The Labute approximate surface area is 121 Å². The minimum Gasteiger partial charge on any atom is -1.00 e. The van der Waals surface area contributed by atoms with Crippen molar-refractivity contribution in [3.8, 4) is 0 Å². The first kappa shape index (κ1) is 13.4. The Kier molecular flexibility index (Phi) is 6.13. The second kappa shape index (κ2) is 5.96. The van der Waals surface area contributed by atoms with Crippen LogP contribution < -0.4 is 51.4 Å². The molecule has 5 nitrogen and oxygen atoms in total. The minimum atomic E-state index is -2.07. The molecule has 0 saturated heterocycles. The van der Waals surface area contributed by atoms with Crippen LogP contribution in [0.25, 0.3) is 0 Å². The number of nitrogens with zero attached hydrogens (tertiary/aromatic N) is 1. The van der Waals surface area contributed by atoms with Crippen molar-refractivity contribution in [1.82, 2.24) is 0 Å². The number of hydrogen-bond acceptors (Lipinski definition) is 3. The third-order valence-corrected chi connectivity index (χ3v) is 1.92. The summed E-state index contributed by atoms with van der Waals surface area (Å²) in [7, 11) is 0. The first-order chi connectivity index (χ1) is 5.61. The van der Waals surface area contributed by atoms with E-state index in [0.29, 0.717) is 0 Å². The molecular formula is C6H6KNO4S. The predicted octanol–water partition coefficient (Wildman–Crippen LogP) is -1.71. The molecule has 0 heterocycles. The van der Waals surface area contributed by atoms with E-state index >= 15 is 0 Å². The van der Waals surface area contributed by atoms with E-state index in [0.717, 1.165) is 0 Å². The van der Waals surface area contributed by atoms with Gasteiger partial charge in [-0.2, -0.15) is 0 Å². The molecule has 0 bridgehead atoms. The van der Waals surface area contributed by atoms with Crippen molar-refractivity contribution in [3.05, 3.63) is 34.4 Å². The normalized spacial score (nSPS) is 11.5. The summed E-state index contributed by atoms with van der Waals surface area (Å²) in [6, 6.07) is 4.86. The van der Waals surface area contributed by atoms with Gasteiger partial charge in [-0.25, -0.2) is 4.21 Å². The van der Waals surface area contributed by atoms with E-state index in [1.54, 1.807) is 0 Å². The molecule has 0 aliphatic rings. The maximum Gasteiger partial charge on any atom is 1.00 e. The molecule has 0 radical (unpaired) electrons. The van der Waals surface area contributed by atoms with Gasteiger partial charge >= 0.3 is 51.4 Å². The van der Waals surface area contributed by atoms with Crippen molar-refractivity contribution in [1.29, 1.82) is 0 Å². The van der Waals surface area contributed by atoms with Crippen LogP contribution in [0.1, 0.15) is 1.43 Å². The fourth-order valence-corrected chi connectivity index (χ4v) is 1.05. The zero-order chi connectivity index (χ0) is 9.14. The fraction of sp³-hybridized carbons (Fsp3) is 0. The van der Waals surface area contributed by atoms with E-state index in [9.17, 15) is 14.3 Å². The smallest absolute Gasteiger partial charge is 1.00 e. The Morgan fingerprint density at radius 2 is 1.85 bits per heavy atom. The van der Waals surface area contributed by atoms with Crippen molar-refractivity contribution >= 4 is 16.8 Å². The summed E-state index contributed by atoms with van der Waals surface area (Å²) >= 11 is -2.07. The van der Waals surface area contributed by atoms with Crippen molar-refractivity contribution < 1.29 is 66.5 Å². The van der Waals surface area contributed by atoms with E-state index < -0.39 is 16.0 Å². The molecule has 0 aliphatic heterocycles. The Morgan fingerprint density at radius 3 is 2.15 bits per heavy atom. The molecule has 1 rings (SSSR count). The number of nitro benzene ring substituents is 1. The maximum absolute atomic E-state index is 10.4. The molecule has 13 heavy (non-hydrogen) atoms. The SMILES string of the molecule is O=[N+]([O-])c1ccc(S(=O)O)cc1.[H-].[K+]. The third-order valence-electron chi connectivity index (χ3n) is 1.25. The summed E-state index contributed by atoms with van der Waals surface area (Å²) < 4.78 is 19.0. The van der Waals surface area contributed by atoms with Crippen molar-refractivity contribution in [2.24, 2.45) is 0 Å². The zero-order valence-electron chi connectivity index (χ0n) is 7.84. The Balaban J connectivity index is 0. The largest absolute Gasteiger partial charge is 1.00 e. The van der Waals surface area contributed by atoms with Crippen LogP contribution in [0.15, 0.2) is 29.2 Å². The van der Waals surface area contributed by atoms with E-state index in [1.165, 1.54) is 24.3 Å². The van der Waals surface area contributed by atoms with Crippen LogP contribution in [0.3, 0.4) is 0 Å². The molecule has 1 unspecified atom stereocenters. The Hall–Kier alpha value is 0.366. The summed E-state index contributed by atoms with van der Waals surface area (Å²) in [6.07, 6.45) is 0. The number of hydrogen-bond donors (Lipinski definition) is 1. The van der Waals surface area contributed by atoms with Gasteiger partial charge in [0.25, 0.3) is 5.69 Å². The van der Waals surface area contributed by atoms with Gasteiger partial charge in [0.1, 0.15) is 0 Å². The van der Waals surface area contributed by atoms with Gasteiger partial charge in [0.2, 0.25) is 0 Å². The Morgan fingerprint density at radius 1 is 1.38 bits per heavy atom. The van der Waals surface area contributed by atoms with Gasteiger partial charge in [-0.1, -0.05) is 0 Å². The zero-order valence-corrected chi connectivity index (χ0v) is 10.8. The van der Waals surface area contributed by atoms with Gasteiger partial charge in [0, 0.05) is 12.1 Å². The van der Waals surface area contributed by atoms with Crippen LogP contribution in [0.2, 0.25) is 0 Å².